The first-order valence-corrected chi connectivity index (χ1v) is 11.9. The van der Waals surface area contributed by atoms with Gasteiger partial charge in [-0.15, -0.1) is 0 Å². The third kappa shape index (κ3) is 4.53. The summed E-state index contributed by atoms with van der Waals surface area (Å²) in [6, 6.07) is 15.7. The lowest BCUT2D eigenvalue weighted by molar-refractivity contribution is -0.384. The topological polar surface area (TPSA) is 97.6 Å². The lowest BCUT2D eigenvalue weighted by Crippen LogP contribution is -2.29. The molecule has 1 heterocycles. The van der Waals surface area contributed by atoms with Crippen molar-refractivity contribution in [2.24, 2.45) is 0 Å². The quantitative estimate of drug-likeness (QED) is 0.203. The first-order valence-electron chi connectivity index (χ1n) is 10.1. The van der Waals surface area contributed by atoms with E-state index in [1.165, 1.54) is 35.5 Å². The van der Waals surface area contributed by atoms with Crippen LogP contribution in [0.5, 0.6) is 0 Å². The number of sulfonamides is 1. The Kier molecular flexibility index (Phi) is 6.05. The summed E-state index contributed by atoms with van der Waals surface area (Å²) in [4.78, 5) is 22.6. The van der Waals surface area contributed by atoms with Crippen molar-refractivity contribution in [3.8, 4) is 0 Å². The zero-order valence-electron chi connectivity index (χ0n) is 17.6. The van der Waals surface area contributed by atoms with Gasteiger partial charge in [0.15, 0.2) is 5.78 Å². The molecule has 1 aliphatic rings. The number of hydrogen-bond acceptors (Lipinski definition) is 5. The molecule has 0 saturated heterocycles. The van der Waals surface area contributed by atoms with Crippen LogP contribution in [0.3, 0.4) is 0 Å². The summed E-state index contributed by atoms with van der Waals surface area (Å²) >= 11 is 6.03. The number of non-ortho nitro benzene ring substituents is 1. The minimum Gasteiger partial charge on any atom is -0.294 e. The number of anilines is 1. The summed E-state index contributed by atoms with van der Waals surface area (Å²) in [6.45, 7) is 1.67. The first-order chi connectivity index (χ1) is 15.7. The van der Waals surface area contributed by atoms with Crippen LogP contribution >= 0.6 is 11.6 Å². The maximum atomic E-state index is 13.3. The molecule has 3 aromatic rings. The van der Waals surface area contributed by atoms with E-state index in [0.717, 1.165) is 5.56 Å². The predicted octanol–water partition coefficient (Wildman–Crippen LogP) is 5.37. The fourth-order valence-electron chi connectivity index (χ4n) is 3.79. The molecule has 0 saturated carbocycles. The van der Waals surface area contributed by atoms with Crippen LogP contribution in [0.4, 0.5) is 11.4 Å². The normalized spacial score (nSPS) is 13.3. The number of nitrogens with zero attached hydrogens (tertiary/aromatic N) is 2. The van der Waals surface area contributed by atoms with Crippen molar-refractivity contribution in [1.82, 2.24) is 0 Å². The van der Waals surface area contributed by atoms with Crippen molar-refractivity contribution in [2.75, 3.05) is 10.8 Å². The van der Waals surface area contributed by atoms with Crippen molar-refractivity contribution in [3.05, 3.63) is 98.1 Å². The van der Waals surface area contributed by atoms with E-state index in [0.29, 0.717) is 34.8 Å². The van der Waals surface area contributed by atoms with Gasteiger partial charge < -0.3 is 0 Å². The Morgan fingerprint density at radius 2 is 1.88 bits per heavy atom. The van der Waals surface area contributed by atoms with E-state index in [4.69, 9.17) is 11.6 Å². The number of nitro groups is 1. The predicted molar refractivity (Wildman–Crippen MR) is 128 cm³/mol. The standard InChI is InChI=1S/C24H19ClN2O5S/c1-16(28)23-15-21(27(29)30)9-7-18(23)6-5-17-3-2-4-22(13-17)33(31,32)26-12-11-19-14-20(25)8-10-24(19)26/h2-10,13-15H,11-12H2,1H3. The average Bonchev–Trinajstić information content (AvgIpc) is 3.21. The Labute approximate surface area is 196 Å². The molecule has 0 bridgehead atoms. The van der Waals surface area contributed by atoms with Crippen LogP contribution in [0.1, 0.15) is 34.0 Å². The number of fused-ring (bicyclic) bond motifs is 1. The van der Waals surface area contributed by atoms with Crippen LogP contribution in [0.2, 0.25) is 5.02 Å². The fraction of sp³-hybridized carbons (Fsp3) is 0.125. The van der Waals surface area contributed by atoms with E-state index in [1.807, 2.05) is 0 Å². The monoisotopic (exact) mass is 482 g/mol. The highest BCUT2D eigenvalue weighted by molar-refractivity contribution is 7.92. The molecule has 1 aliphatic heterocycles. The number of rotatable bonds is 6. The molecule has 0 N–H and O–H groups in total. The lowest BCUT2D eigenvalue weighted by Gasteiger charge is -2.20. The van der Waals surface area contributed by atoms with E-state index in [1.54, 1.807) is 48.6 Å². The van der Waals surface area contributed by atoms with Gasteiger partial charge in [0.1, 0.15) is 0 Å². The van der Waals surface area contributed by atoms with Gasteiger partial charge in [0, 0.05) is 29.3 Å². The SMILES string of the molecule is CC(=O)c1cc([N+](=O)[O-])ccc1C=Cc1cccc(S(=O)(=O)N2CCc3cc(Cl)ccc32)c1. The molecule has 0 aliphatic carbocycles. The van der Waals surface area contributed by atoms with Crippen molar-refractivity contribution in [2.45, 2.75) is 18.2 Å². The number of carbonyl (C=O) groups excluding carboxylic acids is 1. The second-order valence-electron chi connectivity index (χ2n) is 7.59. The molecule has 33 heavy (non-hydrogen) atoms. The van der Waals surface area contributed by atoms with Gasteiger partial charge in [0.2, 0.25) is 0 Å². The number of benzene rings is 3. The zero-order chi connectivity index (χ0) is 23.8. The molecular weight excluding hydrogens is 464 g/mol. The highest BCUT2D eigenvalue weighted by Gasteiger charge is 2.31. The molecule has 0 radical (unpaired) electrons. The van der Waals surface area contributed by atoms with Crippen LogP contribution < -0.4 is 4.31 Å². The number of Topliss-reactive ketones (excluding diaryl/α,β-unsaturated/α-hetero) is 1. The van der Waals surface area contributed by atoms with Crippen LogP contribution in [0.15, 0.2) is 65.6 Å². The fourth-order valence-corrected chi connectivity index (χ4v) is 5.54. The van der Waals surface area contributed by atoms with Crippen LogP contribution in [0.25, 0.3) is 12.2 Å². The highest BCUT2D eigenvalue weighted by atomic mass is 35.5. The largest absolute Gasteiger partial charge is 0.294 e. The second kappa shape index (κ2) is 8.80. The van der Waals surface area contributed by atoms with Gasteiger partial charge in [-0.1, -0.05) is 35.9 Å². The Balaban J connectivity index is 1.65. The molecule has 168 valence electrons. The summed E-state index contributed by atoms with van der Waals surface area (Å²) in [6.07, 6.45) is 3.90. The van der Waals surface area contributed by atoms with Crippen LogP contribution in [-0.2, 0) is 16.4 Å². The summed E-state index contributed by atoms with van der Waals surface area (Å²) in [5.74, 6) is -0.303. The Hall–Kier alpha value is -3.49. The Morgan fingerprint density at radius 1 is 1.09 bits per heavy atom. The average molecular weight is 483 g/mol. The van der Waals surface area contributed by atoms with E-state index < -0.39 is 14.9 Å². The van der Waals surface area contributed by atoms with E-state index in [2.05, 4.69) is 0 Å². The maximum Gasteiger partial charge on any atom is 0.270 e. The van der Waals surface area contributed by atoms with Gasteiger partial charge in [-0.3, -0.25) is 19.2 Å². The van der Waals surface area contributed by atoms with Gasteiger partial charge in [-0.05, 0) is 66.4 Å². The third-order valence-electron chi connectivity index (χ3n) is 5.42. The molecule has 0 aromatic heterocycles. The number of hydrogen-bond donors (Lipinski definition) is 0. The molecule has 0 spiro atoms. The molecule has 0 atom stereocenters. The van der Waals surface area contributed by atoms with Crippen molar-refractivity contribution < 1.29 is 18.1 Å². The van der Waals surface area contributed by atoms with Crippen molar-refractivity contribution in [1.29, 1.82) is 0 Å². The second-order valence-corrected chi connectivity index (χ2v) is 9.89. The van der Waals surface area contributed by atoms with E-state index in [-0.39, 0.29) is 21.9 Å². The van der Waals surface area contributed by atoms with Gasteiger partial charge in [0.05, 0.1) is 15.5 Å². The number of ketones is 1. The van der Waals surface area contributed by atoms with E-state index in [9.17, 15) is 23.3 Å². The zero-order valence-corrected chi connectivity index (χ0v) is 19.1. The summed E-state index contributed by atoms with van der Waals surface area (Å²) < 4.78 is 28.0. The van der Waals surface area contributed by atoms with Gasteiger partial charge in [-0.25, -0.2) is 8.42 Å². The van der Waals surface area contributed by atoms with Gasteiger partial charge in [0.25, 0.3) is 15.7 Å². The minimum absolute atomic E-state index is 0.142. The first kappa shape index (κ1) is 22.7. The molecular formula is C24H19ClN2O5S. The Morgan fingerprint density at radius 3 is 2.61 bits per heavy atom. The molecule has 3 aromatic carbocycles. The number of halogens is 1. The molecule has 7 nitrogen and oxygen atoms in total. The highest BCUT2D eigenvalue weighted by Crippen LogP contribution is 2.34. The van der Waals surface area contributed by atoms with E-state index >= 15 is 0 Å². The van der Waals surface area contributed by atoms with Gasteiger partial charge in [-0.2, -0.15) is 0 Å². The van der Waals surface area contributed by atoms with Crippen LogP contribution in [-0.4, -0.2) is 25.7 Å². The number of carbonyl (C=O) groups is 1. The van der Waals surface area contributed by atoms with Crippen LogP contribution in [0, 0.1) is 10.1 Å². The molecule has 0 amide bonds. The lowest BCUT2D eigenvalue weighted by atomic mass is 10.0. The van der Waals surface area contributed by atoms with Crippen molar-refractivity contribution >= 4 is 50.9 Å². The van der Waals surface area contributed by atoms with Gasteiger partial charge >= 0.3 is 0 Å². The minimum atomic E-state index is -3.78. The molecule has 9 heteroatoms. The summed E-state index contributed by atoms with van der Waals surface area (Å²) in [5, 5.41) is 11.6. The summed E-state index contributed by atoms with van der Waals surface area (Å²) in [7, 11) is -3.78. The number of nitro benzene ring substituents is 1. The summed E-state index contributed by atoms with van der Waals surface area (Å²) in [5.41, 5.74) is 2.68. The van der Waals surface area contributed by atoms with Crippen molar-refractivity contribution in [3.63, 3.8) is 0 Å². The third-order valence-corrected chi connectivity index (χ3v) is 7.47. The maximum absolute atomic E-state index is 13.3. The Bertz CT molecular complexity index is 1420. The molecule has 0 fully saturated rings. The molecule has 0 unspecified atom stereocenters. The smallest absolute Gasteiger partial charge is 0.270 e. The molecule has 4 rings (SSSR count).